The second kappa shape index (κ2) is 6.62. The molecule has 0 radical (unpaired) electrons. The molecule has 3 rings (SSSR count). The standard InChI is InChI=1S/C23H30O2Si/c1-16-8-9-18-14-19(15-24-22(18)12-16)21-11-10-20(13-17(21)2)25-26(6,7)23(3,4)5/h8-14H,15H2,1-7H3. The maximum absolute atomic E-state index is 6.45. The molecule has 26 heavy (non-hydrogen) atoms. The maximum atomic E-state index is 6.45. The van der Waals surface area contributed by atoms with Crippen molar-refractivity contribution in [1.82, 2.24) is 0 Å². The third-order valence-electron chi connectivity index (χ3n) is 5.60. The molecule has 0 aliphatic carbocycles. The molecule has 1 aliphatic heterocycles. The summed E-state index contributed by atoms with van der Waals surface area (Å²) >= 11 is 0. The van der Waals surface area contributed by atoms with Crippen LogP contribution in [0.15, 0.2) is 36.4 Å². The first-order chi connectivity index (χ1) is 12.1. The summed E-state index contributed by atoms with van der Waals surface area (Å²) in [6.07, 6.45) is 2.25. The summed E-state index contributed by atoms with van der Waals surface area (Å²) in [6.45, 7) is 16.2. The molecular weight excluding hydrogens is 336 g/mol. The molecule has 0 N–H and O–H groups in total. The van der Waals surface area contributed by atoms with Gasteiger partial charge in [0.1, 0.15) is 18.1 Å². The average molecular weight is 367 g/mol. The van der Waals surface area contributed by atoms with Crippen molar-refractivity contribution in [3.8, 4) is 11.5 Å². The van der Waals surface area contributed by atoms with Crippen molar-refractivity contribution in [3.05, 3.63) is 58.7 Å². The number of fused-ring (bicyclic) bond motifs is 1. The molecule has 0 fully saturated rings. The van der Waals surface area contributed by atoms with E-state index in [0.717, 1.165) is 17.1 Å². The SMILES string of the molecule is Cc1ccc2c(c1)OCC(c1ccc(O[Si](C)(C)C(C)(C)C)cc1C)=C2. The van der Waals surface area contributed by atoms with E-state index < -0.39 is 8.32 Å². The molecule has 0 bridgehead atoms. The van der Waals surface area contributed by atoms with Gasteiger partial charge in [-0.25, -0.2) is 0 Å². The van der Waals surface area contributed by atoms with Crippen LogP contribution in [0.3, 0.4) is 0 Å². The second-order valence-electron chi connectivity index (χ2n) is 8.84. The molecule has 0 atom stereocenters. The van der Waals surface area contributed by atoms with Gasteiger partial charge >= 0.3 is 0 Å². The van der Waals surface area contributed by atoms with E-state index in [1.165, 1.54) is 22.3 Å². The van der Waals surface area contributed by atoms with Crippen molar-refractivity contribution in [2.45, 2.75) is 52.8 Å². The van der Waals surface area contributed by atoms with Crippen molar-refractivity contribution in [2.75, 3.05) is 6.61 Å². The van der Waals surface area contributed by atoms with Crippen LogP contribution in [0.4, 0.5) is 0 Å². The minimum Gasteiger partial charge on any atom is -0.543 e. The van der Waals surface area contributed by atoms with Gasteiger partial charge in [0.15, 0.2) is 0 Å². The van der Waals surface area contributed by atoms with Gasteiger partial charge in [-0.15, -0.1) is 0 Å². The maximum Gasteiger partial charge on any atom is 0.250 e. The highest BCUT2D eigenvalue weighted by Crippen LogP contribution is 2.38. The molecule has 0 saturated carbocycles. The Morgan fingerprint density at radius 1 is 1.00 bits per heavy atom. The Balaban J connectivity index is 1.88. The Bertz CT molecular complexity index is 857. The summed E-state index contributed by atoms with van der Waals surface area (Å²) in [4.78, 5) is 0. The first kappa shape index (κ1) is 18.8. The van der Waals surface area contributed by atoms with Crippen LogP contribution in [0.5, 0.6) is 11.5 Å². The molecule has 0 unspecified atom stereocenters. The predicted molar refractivity (Wildman–Crippen MR) is 114 cm³/mol. The molecule has 3 heteroatoms. The van der Waals surface area contributed by atoms with Crippen LogP contribution in [-0.4, -0.2) is 14.9 Å². The summed E-state index contributed by atoms with van der Waals surface area (Å²) < 4.78 is 12.4. The Hall–Kier alpha value is -2.00. The number of hydrogen-bond acceptors (Lipinski definition) is 2. The van der Waals surface area contributed by atoms with E-state index in [1.54, 1.807) is 0 Å². The van der Waals surface area contributed by atoms with E-state index in [2.05, 4.69) is 90.2 Å². The molecule has 2 aromatic carbocycles. The number of ether oxygens (including phenoxy) is 1. The fourth-order valence-electron chi connectivity index (χ4n) is 2.93. The topological polar surface area (TPSA) is 18.5 Å². The smallest absolute Gasteiger partial charge is 0.250 e. The van der Waals surface area contributed by atoms with Crippen LogP contribution in [0.2, 0.25) is 18.1 Å². The van der Waals surface area contributed by atoms with Crippen molar-refractivity contribution in [3.63, 3.8) is 0 Å². The van der Waals surface area contributed by atoms with E-state index >= 15 is 0 Å². The quantitative estimate of drug-likeness (QED) is 0.568. The van der Waals surface area contributed by atoms with E-state index in [0.29, 0.717) is 6.61 Å². The van der Waals surface area contributed by atoms with Crippen molar-refractivity contribution in [2.24, 2.45) is 0 Å². The summed E-state index contributed by atoms with van der Waals surface area (Å²) in [6, 6.07) is 12.8. The molecular formula is C23H30O2Si. The largest absolute Gasteiger partial charge is 0.543 e. The second-order valence-corrected chi connectivity index (χ2v) is 13.6. The Morgan fingerprint density at radius 3 is 2.38 bits per heavy atom. The third-order valence-corrected chi connectivity index (χ3v) is 9.96. The zero-order chi connectivity index (χ0) is 19.1. The lowest BCUT2D eigenvalue weighted by atomic mass is 9.96. The molecule has 138 valence electrons. The van der Waals surface area contributed by atoms with Crippen LogP contribution < -0.4 is 9.16 Å². The molecule has 0 amide bonds. The number of aryl methyl sites for hydroxylation is 2. The van der Waals surface area contributed by atoms with Crippen LogP contribution >= 0.6 is 0 Å². The number of rotatable bonds is 3. The lowest BCUT2D eigenvalue weighted by molar-refractivity contribution is 0.365. The number of benzene rings is 2. The first-order valence-corrected chi connectivity index (χ1v) is 12.2. The molecule has 2 nitrogen and oxygen atoms in total. The lowest BCUT2D eigenvalue weighted by Gasteiger charge is -2.36. The first-order valence-electron chi connectivity index (χ1n) is 9.31. The van der Waals surface area contributed by atoms with Gasteiger partial charge in [-0.3, -0.25) is 0 Å². The van der Waals surface area contributed by atoms with Gasteiger partial charge in [-0.05, 0) is 78.5 Å². The van der Waals surface area contributed by atoms with Crippen LogP contribution in [0.1, 0.15) is 43.0 Å². The fraction of sp³-hybridized carbons (Fsp3) is 0.391. The summed E-state index contributed by atoms with van der Waals surface area (Å²) in [7, 11) is -1.82. The highest BCUT2D eigenvalue weighted by molar-refractivity contribution is 6.74. The fourth-order valence-corrected chi connectivity index (χ4v) is 3.96. The Kier molecular flexibility index (Phi) is 4.78. The molecule has 0 aromatic heterocycles. The monoisotopic (exact) mass is 366 g/mol. The predicted octanol–water partition coefficient (Wildman–Crippen LogP) is 6.62. The summed E-state index contributed by atoms with van der Waals surface area (Å²) in [5, 5.41) is 0.196. The minimum absolute atomic E-state index is 0.196. The minimum atomic E-state index is -1.82. The van der Waals surface area contributed by atoms with Crippen LogP contribution in [0.25, 0.3) is 11.6 Å². The van der Waals surface area contributed by atoms with E-state index in [1.807, 2.05) is 0 Å². The molecule has 0 saturated heterocycles. The molecule has 2 aromatic rings. The highest BCUT2D eigenvalue weighted by atomic mass is 28.4. The number of hydrogen-bond donors (Lipinski definition) is 0. The molecule has 1 aliphatic rings. The van der Waals surface area contributed by atoms with Gasteiger partial charge in [0, 0.05) is 5.56 Å². The van der Waals surface area contributed by atoms with Crippen LogP contribution in [0, 0.1) is 13.8 Å². The zero-order valence-electron chi connectivity index (χ0n) is 17.1. The molecule has 0 spiro atoms. The van der Waals surface area contributed by atoms with E-state index in [4.69, 9.17) is 9.16 Å². The van der Waals surface area contributed by atoms with Gasteiger partial charge < -0.3 is 9.16 Å². The van der Waals surface area contributed by atoms with Crippen LogP contribution in [-0.2, 0) is 0 Å². The molecule has 1 heterocycles. The van der Waals surface area contributed by atoms with Crippen molar-refractivity contribution in [1.29, 1.82) is 0 Å². The zero-order valence-corrected chi connectivity index (χ0v) is 18.1. The Morgan fingerprint density at radius 2 is 1.73 bits per heavy atom. The lowest BCUT2D eigenvalue weighted by Crippen LogP contribution is -2.43. The summed E-state index contributed by atoms with van der Waals surface area (Å²) in [5.74, 6) is 1.95. The van der Waals surface area contributed by atoms with Crippen molar-refractivity contribution >= 4 is 20.0 Å². The van der Waals surface area contributed by atoms with Gasteiger partial charge in [-0.2, -0.15) is 0 Å². The van der Waals surface area contributed by atoms with Gasteiger partial charge in [0.25, 0.3) is 0 Å². The average Bonchev–Trinajstić information content (AvgIpc) is 2.53. The third kappa shape index (κ3) is 3.73. The van der Waals surface area contributed by atoms with Gasteiger partial charge in [-0.1, -0.05) is 39.0 Å². The van der Waals surface area contributed by atoms with Crippen molar-refractivity contribution < 1.29 is 9.16 Å². The van der Waals surface area contributed by atoms with Gasteiger partial charge in [0.05, 0.1) is 0 Å². The summed E-state index contributed by atoms with van der Waals surface area (Å²) in [5.41, 5.74) is 6.06. The van der Waals surface area contributed by atoms with E-state index in [-0.39, 0.29) is 5.04 Å². The highest BCUT2D eigenvalue weighted by Gasteiger charge is 2.39. The Labute approximate surface area is 159 Å². The van der Waals surface area contributed by atoms with E-state index in [9.17, 15) is 0 Å². The normalized spacial score (nSPS) is 14.3. The van der Waals surface area contributed by atoms with Gasteiger partial charge in [0.2, 0.25) is 8.32 Å².